The highest BCUT2D eigenvalue weighted by molar-refractivity contribution is 6.04. The minimum Gasteiger partial charge on any atom is -0.457 e. The summed E-state index contributed by atoms with van der Waals surface area (Å²) in [5, 5.41) is 0. The van der Waals surface area contributed by atoms with Gasteiger partial charge in [-0.05, 0) is 52.1 Å². The second-order valence-corrected chi connectivity index (χ2v) is 12.4. The first-order chi connectivity index (χ1) is 17.3. The van der Waals surface area contributed by atoms with E-state index in [0.29, 0.717) is 51.2 Å². The van der Waals surface area contributed by atoms with E-state index in [9.17, 15) is 14.4 Å². The molecular weight excluding hydrogens is 468 g/mol. The van der Waals surface area contributed by atoms with Crippen LogP contribution in [0, 0.1) is 17.3 Å². The molecule has 3 atom stereocenters. The van der Waals surface area contributed by atoms with E-state index in [2.05, 4.69) is 25.8 Å². The van der Waals surface area contributed by atoms with Crippen LogP contribution in [0.15, 0.2) is 30.3 Å². The summed E-state index contributed by atoms with van der Waals surface area (Å²) in [6.07, 6.45) is 2.83. The summed E-state index contributed by atoms with van der Waals surface area (Å²) in [5.74, 6) is -0.528. The van der Waals surface area contributed by atoms with Crippen molar-refractivity contribution in [3.63, 3.8) is 0 Å². The molecule has 2 aliphatic rings. The van der Waals surface area contributed by atoms with E-state index in [1.165, 1.54) is 0 Å². The van der Waals surface area contributed by atoms with Crippen LogP contribution in [0.3, 0.4) is 0 Å². The molecule has 0 bridgehead atoms. The fourth-order valence-corrected chi connectivity index (χ4v) is 6.26. The van der Waals surface area contributed by atoms with Crippen LogP contribution in [0.4, 0.5) is 0 Å². The van der Waals surface area contributed by atoms with Gasteiger partial charge in [-0.3, -0.25) is 14.4 Å². The summed E-state index contributed by atoms with van der Waals surface area (Å²) in [7, 11) is 3.76. The average molecular weight is 515 g/mol. The van der Waals surface area contributed by atoms with Crippen molar-refractivity contribution in [1.82, 2.24) is 9.80 Å². The van der Waals surface area contributed by atoms with Crippen molar-refractivity contribution in [2.24, 2.45) is 17.3 Å². The van der Waals surface area contributed by atoms with E-state index in [4.69, 9.17) is 9.47 Å². The van der Waals surface area contributed by atoms with Crippen molar-refractivity contribution >= 4 is 17.7 Å². The lowest BCUT2D eigenvalue weighted by atomic mass is 9.76. The second-order valence-electron chi connectivity index (χ2n) is 12.4. The summed E-state index contributed by atoms with van der Waals surface area (Å²) in [6, 6.07) is 9.75. The van der Waals surface area contributed by atoms with Crippen molar-refractivity contribution < 1.29 is 23.9 Å². The van der Waals surface area contributed by atoms with Gasteiger partial charge >= 0.3 is 5.97 Å². The van der Waals surface area contributed by atoms with Crippen LogP contribution < -0.4 is 0 Å². The summed E-state index contributed by atoms with van der Waals surface area (Å²) < 4.78 is 12.2. The SMILES string of the molecule is CO[C@@]1(C)CC(C)C(=O)C(C)(C)C(=O)OC2(CCN(C(=O)Cc3ccccc3)CC2)CN(C)C[C@H](C)C1. The van der Waals surface area contributed by atoms with Gasteiger partial charge in [0.1, 0.15) is 11.0 Å². The molecule has 1 unspecified atom stereocenters. The van der Waals surface area contributed by atoms with Gasteiger partial charge < -0.3 is 19.3 Å². The topological polar surface area (TPSA) is 76.2 Å². The van der Waals surface area contributed by atoms with Crippen LogP contribution in [0.5, 0.6) is 0 Å². The van der Waals surface area contributed by atoms with Crippen LogP contribution in [-0.2, 0) is 30.3 Å². The average Bonchev–Trinajstić information content (AvgIpc) is 2.83. The molecule has 2 saturated heterocycles. The molecule has 0 aliphatic carbocycles. The molecule has 37 heavy (non-hydrogen) atoms. The van der Waals surface area contributed by atoms with Gasteiger partial charge in [0, 0.05) is 52.0 Å². The van der Waals surface area contributed by atoms with Crippen LogP contribution in [-0.4, -0.2) is 79.0 Å². The quantitative estimate of drug-likeness (QED) is 0.446. The third-order valence-electron chi connectivity index (χ3n) is 8.30. The highest BCUT2D eigenvalue weighted by Crippen LogP contribution is 2.36. The maximum absolute atomic E-state index is 13.6. The molecule has 1 aromatic carbocycles. The summed E-state index contributed by atoms with van der Waals surface area (Å²) in [4.78, 5) is 44.1. The van der Waals surface area contributed by atoms with Gasteiger partial charge in [0.2, 0.25) is 5.91 Å². The van der Waals surface area contributed by atoms with Gasteiger partial charge in [0.25, 0.3) is 0 Å². The number of Topliss-reactive ketones (excluding diaryl/α,β-unsaturated/α-hetero) is 1. The number of likely N-dealkylation sites (tertiary alicyclic amines) is 1. The highest BCUT2D eigenvalue weighted by Gasteiger charge is 2.48. The van der Waals surface area contributed by atoms with Crippen molar-refractivity contribution in [1.29, 1.82) is 0 Å². The molecule has 3 rings (SSSR count). The first kappa shape index (κ1) is 29.3. The van der Waals surface area contributed by atoms with Gasteiger partial charge in [-0.15, -0.1) is 0 Å². The van der Waals surface area contributed by atoms with Gasteiger partial charge in [0.05, 0.1) is 12.0 Å². The fraction of sp³-hybridized carbons (Fsp3) is 0.700. The number of amides is 1. The normalized spacial score (nSPS) is 29.6. The van der Waals surface area contributed by atoms with Crippen LogP contribution in [0.2, 0.25) is 0 Å². The predicted octanol–water partition coefficient (Wildman–Crippen LogP) is 4.13. The minimum atomic E-state index is -1.26. The molecule has 2 heterocycles. The Bertz CT molecular complexity index is 954. The summed E-state index contributed by atoms with van der Waals surface area (Å²) >= 11 is 0. The lowest BCUT2D eigenvalue weighted by Gasteiger charge is -2.44. The van der Waals surface area contributed by atoms with Crippen molar-refractivity contribution in [3.8, 4) is 0 Å². The number of methoxy groups -OCH3 is 1. The number of carbonyl (C=O) groups excluding carboxylic acids is 3. The van der Waals surface area contributed by atoms with Crippen LogP contribution in [0.1, 0.15) is 65.9 Å². The molecule has 7 heteroatoms. The molecular formula is C30H46N2O5. The Morgan fingerprint density at radius 3 is 2.27 bits per heavy atom. The smallest absolute Gasteiger partial charge is 0.319 e. The largest absolute Gasteiger partial charge is 0.457 e. The Morgan fingerprint density at radius 2 is 1.68 bits per heavy atom. The number of ketones is 1. The van der Waals surface area contributed by atoms with Gasteiger partial charge in [-0.2, -0.15) is 0 Å². The molecule has 1 spiro atoms. The molecule has 0 N–H and O–H groups in total. The van der Waals surface area contributed by atoms with E-state index in [-0.39, 0.29) is 17.6 Å². The van der Waals surface area contributed by atoms with E-state index < -0.39 is 22.6 Å². The molecule has 0 radical (unpaired) electrons. The predicted molar refractivity (Wildman–Crippen MR) is 144 cm³/mol. The number of ether oxygens (including phenoxy) is 2. The molecule has 2 aliphatic heterocycles. The zero-order valence-electron chi connectivity index (χ0n) is 23.8. The number of likely N-dealkylation sites (N-methyl/N-ethyl adjacent to an activating group) is 1. The van der Waals surface area contributed by atoms with Crippen LogP contribution in [0.25, 0.3) is 0 Å². The molecule has 206 valence electrons. The molecule has 2 fully saturated rings. The molecule has 1 aromatic rings. The molecule has 0 saturated carbocycles. The zero-order valence-corrected chi connectivity index (χ0v) is 23.8. The monoisotopic (exact) mass is 514 g/mol. The second kappa shape index (κ2) is 11.6. The van der Waals surface area contributed by atoms with Gasteiger partial charge in [-0.1, -0.05) is 44.2 Å². The first-order valence-electron chi connectivity index (χ1n) is 13.6. The lowest BCUT2D eigenvalue weighted by Crippen LogP contribution is -2.56. The highest BCUT2D eigenvalue weighted by atomic mass is 16.6. The Kier molecular flexibility index (Phi) is 9.23. The van der Waals surface area contributed by atoms with E-state index in [1.54, 1.807) is 21.0 Å². The van der Waals surface area contributed by atoms with E-state index >= 15 is 0 Å². The first-order valence-corrected chi connectivity index (χ1v) is 13.6. The Hall–Kier alpha value is -2.25. The minimum absolute atomic E-state index is 0.0854. The number of nitrogens with zero attached hydrogens (tertiary/aromatic N) is 2. The molecule has 0 aromatic heterocycles. The fourth-order valence-electron chi connectivity index (χ4n) is 6.26. The summed E-state index contributed by atoms with van der Waals surface area (Å²) in [5.41, 5.74) is -1.47. The maximum atomic E-state index is 13.6. The number of hydrogen-bond acceptors (Lipinski definition) is 6. The van der Waals surface area contributed by atoms with E-state index in [1.807, 2.05) is 42.2 Å². The van der Waals surface area contributed by atoms with Crippen molar-refractivity contribution in [2.45, 2.75) is 77.9 Å². The number of carbonyl (C=O) groups is 3. The Labute approximate surface area is 222 Å². The third kappa shape index (κ3) is 7.20. The van der Waals surface area contributed by atoms with Crippen LogP contribution >= 0.6 is 0 Å². The van der Waals surface area contributed by atoms with Gasteiger partial charge in [-0.25, -0.2) is 0 Å². The Balaban J connectivity index is 1.81. The molecule has 7 nitrogen and oxygen atoms in total. The standard InChI is InChI=1S/C30H46N2O5/c1-22-18-29(5,36-7)19-23(2)26(34)28(3,4)27(35)37-30(21-31(6)20-22)13-15-32(16-14-30)25(33)17-24-11-9-8-10-12-24/h8-12,22-23H,13-21H2,1-7H3/t22-,23?,29-/m1/s1. The maximum Gasteiger partial charge on any atom is 0.319 e. The summed E-state index contributed by atoms with van der Waals surface area (Å²) in [6.45, 7) is 11.9. The number of rotatable bonds is 3. The number of benzene rings is 1. The number of piperidine rings is 1. The number of hydrogen-bond donors (Lipinski definition) is 0. The number of esters is 1. The lowest BCUT2D eigenvalue weighted by molar-refractivity contribution is -0.180. The molecule has 1 amide bonds. The zero-order chi connectivity index (χ0) is 27.4. The van der Waals surface area contributed by atoms with Crippen molar-refractivity contribution in [3.05, 3.63) is 35.9 Å². The Morgan fingerprint density at radius 1 is 1.05 bits per heavy atom. The van der Waals surface area contributed by atoms with E-state index in [0.717, 1.165) is 18.5 Å². The van der Waals surface area contributed by atoms with Gasteiger partial charge in [0.15, 0.2) is 5.78 Å². The third-order valence-corrected chi connectivity index (χ3v) is 8.30. The van der Waals surface area contributed by atoms with Crippen molar-refractivity contribution in [2.75, 3.05) is 40.3 Å².